The summed E-state index contributed by atoms with van der Waals surface area (Å²) in [5.74, 6) is 0. The average molecular weight is 514 g/mol. The van der Waals surface area contributed by atoms with Crippen molar-refractivity contribution in [2.75, 3.05) is 24.7 Å². The third-order valence-electron chi connectivity index (χ3n) is 1.67. The molecule has 1 aromatic carbocycles. The summed E-state index contributed by atoms with van der Waals surface area (Å²) in [6.07, 6.45) is 0. The van der Waals surface area contributed by atoms with Gasteiger partial charge in [-0.15, -0.1) is 0 Å². The Morgan fingerprint density at radius 1 is 0.923 bits per heavy atom. The van der Waals surface area contributed by atoms with Gasteiger partial charge >= 0.3 is 0 Å². The van der Waals surface area contributed by atoms with Gasteiger partial charge in [0.15, 0.2) is 0 Å². The Hall–Kier alpha value is 1.01. The molecule has 0 atom stereocenters. The van der Waals surface area contributed by atoms with Crippen molar-refractivity contribution in [2.45, 2.75) is 0 Å². The first-order chi connectivity index (χ1) is 6.11. The third-order valence-corrected chi connectivity index (χ3v) is 4.45. The molecular formula is C8H9I3N2. The van der Waals surface area contributed by atoms with Crippen LogP contribution in [0.1, 0.15) is 0 Å². The van der Waals surface area contributed by atoms with Gasteiger partial charge < -0.3 is 10.6 Å². The van der Waals surface area contributed by atoms with Crippen molar-refractivity contribution in [1.29, 1.82) is 0 Å². The Kier molecular flexibility index (Phi) is 4.83. The number of halogens is 3. The lowest BCUT2D eigenvalue weighted by molar-refractivity contribution is 1.40. The molecule has 0 saturated carbocycles. The van der Waals surface area contributed by atoms with E-state index in [-0.39, 0.29) is 0 Å². The van der Waals surface area contributed by atoms with Crippen molar-refractivity contribution in [3.05, 3.63) is 16.8 Å². The first-order valence-electron chi connectivity index (χ1n) is 3.64. The summed E-state index contributed by atoms with van der Waals surface area (Å²) in [6, 6.07) is 2.17. The quantitative estimate of drug-likeness (QED) is 0.591. The van der Waals surface area contributed by atoms with Crippen molar-refractivity contribution in [3.8, 4) is 0 Å². The molecule has 1 aromatic rings. The molecule has 5 heteroatoms. The van der Waals surface area contributed by atoms with Crippen LogP contribution in [0.15, 0.2) is 6.07 Å². The molecule has 0 heterocycles. The van der Waals surface area contributed by atoms with Crippen molar-refractivity contribution >= 4 is 79.1 Å². The van der Waals surface area contributed by atoms with E-state index in [0.29, 0.717) is 0 Å². The second-order valence-electron chi connectivity index (χ2n) is 2.40. The summed E-state index contributed by atoms with van der Waals surface area (Å²) < 4.78 is 3.76. The number of benzene rings is 1. The third kappa shape index (κ3) is 2.52. The molecule has 2 N–H and O–H groups in total. The Labute approximate surface area is 119 Å². The maximum Gasteiger partial charge on any atom is 0.0630 e. The van der Waals surface area contributed by atoms with Crippen LogP contribution in [0.2, 0.25) is 0 Å². The van der Waals surface area contributed by atoms with Crippen molar-refractivity contribution in [1.82, 2.24) is 0 Å². The molecule has 0 bridgehead atoms. The Morgan fingerprint density at radius 2 is 1.31 bits per heavy atom. The number of hydrogen-bond acceptors (Lipinski definition) is 2. The van der Waals surface area contributed by atoms with Gasteiger partial charge in [0.05, 0.1) is 14.9 Å². The van der Waals surface area contributed by atoms with Crippen LogP contribution in [0.3, 0.4) is 0 Å². The topological polar surface area (TPSA) is 24.1 Å². The summed E-state index contributed by atoms with van der Waals surface area (Å²) >= 11 is 7.05. The largest absolute Gasteiger partial charge is 0.386 e. The second-order valence-corrected chi connectivity index (χ2v) is 5.81. The highest BCUT2D eigenvalue weighted by Crippen LogP contribution is 2.34. The molecule has 2 nitrogen and oxygen atoms in total. The molecule has 0 saturated heterocycles. The summed E-state index contributed by atoms with van der Waals surface area (Å²) in [6.45, 7) is 0. The Morgan fingerprint density at radius 3 is 1.62 bits per heavy atom. The second kappa shape index (κ2) is 5.19. The molecule has 13 heavy (non-hydrogen) atoms. The van der Waals surface area contributed by atoms with Gasteiger partial charge in [-0.2, -0.15) is 0 Å². The molecule has 0 fully saturated rings. The van der Waals surface area contributed by atoms with Gasteiger partial charge in [0, 0.05) is 21.2 Å². The summed E-state index contributed by atoms with van der Waals surface area (Å²) in [7, 11) is 3.90. The zero-order valence-electron chi connectivity index (χ0n) is 7.21. The molecule has 0 aromatic heterocycles. The van der Waals surface area contributed by atoms with E-state index >= 15 is 0 Å². The van der Waals surface area contributed by atoms with Gasteiger partial charge in [-0.1, -0.05) is 0 Å². The van der Waals surface area contributed by atoms with E-state index in [2.05, 4.69) is 84.5 Å². The van der Waals surface area contributed by atoms with Crippen LogP contribution in [0.4, 0.5) is 11.4 Å². The maximum atomic E-state index is 3.21. The maximum absolute atomic E-state index is 3.21. The molecule has 0 aliphatic rings. The number of rotatable bonds is 2. The standard InChI is InChI=1S/C8H9I3N2/c1-12-7-4(9)3-5(10)8(13-2)6(7)11/h3,12-13H,1-2H3. The van der Waals surface area contributed by atoms with Crippen LogP contribution in [-0.2, 0) is 0 Å². The number of hydrogen-bond donors (Lipinski definition) is 2. The van der Waals surface area contributed by atoms with Gasteiger partial charge in [-0.3, -0.25) is 0 Å². The average Bonchev–Trinajstić information content (AvgIpc) is 2.04. The van der Waals surface area contributed by atoms with Crippen LogP contribution in [0.25, 0.3) is 0 Å². The fourth-order valence-electron chi connectivity index (χ4n) is 1.05. The minimum absolute atomic E-state index is 1.20. The predicted octanol–water partition coefficient (Wildman–Crippen LogP) is 3.58. The first kappa shape index (κ1) is 12.1. The normalized spacial score (nSPS) is 9.92. The van der Waals surface area contributed by atoms with E-state index in [0.717, 1.165) is 0 Å². The molecule has 0 aliphatic carbocycles. The minimum atomic E-state index is 1.20. The minimum Gasteiger partial charge on any atom is -0.386 e. The molecule has 0 radical (unpaired) electrons. The van der Waals surface area contributed by atoms with Crippen LogP contribution in [-0.4, -0.2) is 14.1 Å². The molecule has 0 unspecified atom stereocenters. The van der Waals surface area contributed by atoms with Crippen molar-refractivity contribution in [2.24, 2.45) is 0 Å². The fourth-order valence-corrected chi connectivity index (χ4v) is 5.50. The summed E-state index contributed by atoms with van der Waals surface area (Å²) in [5.41, 5.74) is 2.40. The van der Waals surface area contributed by atoms with Crippen LogP contribution in [0.5, 0.6) is 0 Å². The highest BCUT2D eigenvalue weighted by molar-refractivity contribution is 14.1. The Bertz CT molecular complexity index is 297. The zero-order chi connectivity index (χ0) is 10.0. The molecule has 0 aliphatic heterocycles. The molecule has 1 rings (SSSR count). The van der Waals surface area contributed by atoms with Gasteiger partial charge in [0.25, 0.3) is 0 Å². The summed E-state index contributed by atoms with van der Waals surface area (Å²) in [5, 5.41) is 6.41. The monoisotopic (exact) mass is 514 g/mol. The fraction of sp³-hybridized carbons (Fsp3) is 0.250. The molecule has 0 amide bonds. The lowest BCUT2D eigenvalue weighted by atomic mass is 10.3. The van der Waals surface area contributed by atoms with Gasteiger partial charge in [-0.25, -0.2) is 0 Å². The van der Waals surface area contributed by atoms with E-state index in [1.165, 1.54) is 22.1 Å². The van der Waals surface area contributed by atoms with Crippen LogP contribution in [0, 0.1) is 10.7 Å². The number of nitrogens with one attached hydrogen (secondary N) is 2. The highest BCUT2D eigenvalue weighted by Gasteiger charge is 2.11. The highest BCUT2D eigenvalue weighted by atomic mass is 127. The first-order valence-corrected chi connectivity index (χ1v) is 6.88. The van der Waals surface area contributed by atoms with E-state index in [1.54, 1.807) is 0 Å². The molecule has 0 spiro atoms. The lowest BCUT2D eigenvalue weighted by Gasteiger charge is -2.13. The lowest BCUT2D eigenvalue weighted by Crippen LogP contribution is -2.02. The van der Waals surface area contributed by atoms with E-state index in [9.17, 15) is 0 Å². The predicted molar refractivity (Wildman–Crippen MR) is 83.7 cm³/mol. The van der Waals surface area contributed by atoms with Gasteiger partial charge in [0.1, 0.15) is 0 Å². The number of anilines is 2. The smallest absolute Gasteiger partial charge is 0.0630 e. The summed E-state index contributed by atoms with van der Waals surface area (Å²) in [4.78, 5) is 0. The van der Waals surface area contributed by atoms with Gasteiger partial charge in [0.2, 0.25) is 0 Å². The van der Waals surface area contributed by atoms with Crippen molar-refractivity contribution in [3.63, 3.8) is 0 Å². The van der Waals surface area contributed by atoms with Crippen LogP contribution >= 0.6 is 67.8 Å². The van der Waals surface area contributed by atoms with E-state index in [4.69, 9.17) is 0 Å². The Balaban J connectivity index is 3.39. The van der Waals surface area contributed by atoms with E-state index in [1.807, 2.05) is 14.1 Å². The van der Waals surface area contributed by atoms with E-state index < -0.39 is 0 Å². The zero-order valence-corrected chi connectivity index (χ0v) is 13.7. The van der Waals surface area contributed by atoms with Crippen LogP contribution < -0.4 is 10.6 Å². The SMILES string of the molecule is CNc1c(I)cc(I)c(NC)c1I. The molecule has 72 valence electrons. The van der Waals surface area contributed by atoms with Gasteiger partial charge in [-0.05, 0) is 73.8 Å². The molecular weight excluding hydrogens is 505 g/mol. The van der Waals surface area contributed by atoms with Crippen molar-refractivity contribution < 1.29 is 0 Å².